The Kier molecular flexibility index (Phi) is 7.45. The highest BCUT2D eigenvalue weighted by molar-refractivity contribution is 5.83. The van der Waals surface area contributed by atoms with Crippen LogP contribution in [0.5, 0.6) is 11.5 Å². The number of hydrogen-bond donors (Lipinski definition) is 2. The van der Waals surface area contributed by atoms with E-state index in [0.717, 1.165) is 48.0 Å². The summed E-state index contributed by atoms with van der Waals surface area (Å²) in [5.74, 6) is 1.90. The molecule has 0 radical (unpaired) electrons. The molecular weight excluding hydrogens is 486 g/mol. The molecule has 1 atom stereocenters. The van der Waals surface area contributed by atoms with Crippen molar-refractivity contribution < 1.29 is 19.0 Å². The fraction of sp³-hybridized carbons (Fsp3) is 0.407. The van der Waals surface area contributed by atoms with Crippen LogP contribution in [-0.2, 0) is 16.6 Å². The molecule has 2 aromatic carbocycles. The van der Waals surface area contributed by atoms with Gasteiger partial charge in [0.05, 0.1) is 18.8 Å². The lowest BCUT2D eigenvalue weighted by Gasteiger charge is -2.23. The molecule has 5 rings (SSSR count). The number of aromatic nitrogens is 5. The first-order chi connectivity index (χ1) is 18.4. The first kappa shape index (κ1) is 25.5. The van der Waals surface area contributed by atoms with E-state index in [2.05, 4.69) is 25.8 Å². The fourth-order valence-corrected chi connectivity index (χ4v) is 4.53. The van der Waals surface area contributed by atoms with Crippen molar-refractivity contribution in [3.8, 4) is 22.9 Å². The van der Waals surface area contributed by atoms with Crippen molar-refractivity contribution in [1.82, 2.24) is 29.9 Å². The van der Waals surface area contributed by atoms with Gasteiger partial charge in [-0.2, -0.15) is 10.1 Å². The van der Waals surface area contributed by atoms with E-state index in [1.54, 1.807) is 17.9 Å². The molecule has 1 unspecified atom stereocenters. The van der Waals surface area contributed by atoms with E-state index in [9.17, 15) is 4.79 Å². The van der Waals surface area contributed by atoms with E-state index in [0.29, 0.717) is 23.3 Å². The summed E-state index contributed by atoms with van der Waals surface area (Å²) in [5.41, 5.74) is 2.70. The van der Waals surface area contributed by atoms with Gasteiger partial charge in [-0.05, 0) is 69.5 Å². The SMILES string of the molecule is COc1cc(-c2nc(Nc3ccc4c(cnn4C4CCCCO4)c3)nn2C)ccc1OCC(=O)NC(C)C. The normalized spacial score (nSPS) is 15.6. The van der Waals surface area contributed by atoms with Crippen LogP contribution in [0.15, 0.2) is 42.6 Å². The maximum Gasteiger partial charge on any atom is 0.258 e. The lowest BCUT2D eigenvalue weighted by molar-refractivity contribution is -0.123. The van der Waals surface area contributed by atoms with Gasteiger partial charge in [-0.1, -0.05) is 0 Å². The number of ether oxygens (including phenoxy) is 3. The van der Waals surface area contributed by atoms with Crippen LogP contribution in [-0.4, -0.2) is 56.8 Å². The van der Waals surface area contributed by atoms with Crippen LogP contribution in [0.1, 0.15) is 39.3 Å². The number of rotatable bonds is 9. The van der Waals surface area contributed by atoms with Crippen molar-refractivity contribution in [2.24, 2.45) is 7.05 Å². The standard InChI is InChI=1S/C27H33N7O4/c1-17(2)29-24(35)16-38-22-11-8-18(14-23(22)36-4)26-31-27(32-33(26)3)30-20-9-10-21-19(13-20)15-28-34(21)25-7-5-6-12-37-25/h8-11,13-15,17,25H,5-7,12,16H2,1-4H3,(H,29,35)(H,30,32). The summed E-state index contributed by atoms with van der Waals surface area (Å²) in [5, 5.41) is 16.2. The molecule has 1 amide bonds. The minimum atomic E-state index is -0.192. The molecule has 2 aromatic heterocycles. The second-order valence-corrected chi connectivity index (χ2v) is 9.57. The summed E-state index contributed by atoms with van der Waals surface area (Å²) in [7, 11) is 3.39. The van der Waals surface area contributed by atoms with Gasteiger partial charge in [0, 0.05) is 36.3 Å². The molecule has 38 heavy (non-hydrogen) atoms. The average molecular weight is 520 g/mol. The Morgan fingerprint density at radius 2 is 2.05 bits per heavy atom. The zero-order chi connectivity index (χ0) is 26.6. The maximum atomic E-state index is 11.9. The second-order valence-electron chi connectivity index (χ2n) is 9.57. The number of carbonyl (C=O) groups excluding carboxylic acids is 1. The van der Waals surface area contributed by atoms with Crippen molar-refractivity contribution in [2.75, 3.05) is 25.6 Å². The van der Waals surface area contributed by atoms with Crippen LogP contribution in [0.4, 0.5) is 11.6 Å². The van der Waals surface area contributed by atoms with Crippen LogP contribution in [0, 0.1) is 0 Å². The Balaban J connectivity index is 1.30. The minimum Gasteiger partial charge on any atom is -0.493 e. The third-order valence-electron chi connectivity index (χ3n) is 6.27. The number of methoxy groups -OCH3 is 1. The third kappa shape index (κ3) is 5.57. The van der Waals surface area contributed by atoms with Gasteiger partial charge in [-0.3, -0.25) is 4.79 Å². The Bertz CT molecular complexity index is 1420. The van der Waals surface area contributed by atoms with Gasteiger partial charge in [0.2, 0.25) is 5.95 Å². The number of fused-ring (bicyclic) bond motifs is 1. The average Bonchev–Trinajstić information content (AvgIpc) is 3.50. The molecule has 0 bridgehead atoms. The van der Waals surface area contributed by atoms with Gasteiger partial charge in [-0.25, -0.2) is 9.36 Å². The molecule has 0 spiro atoms. The predicted octanol–water partition coefficient (Wildman–Crippen LogP) is 4.19. The van der Waals surface area contributed by atoms with Gasteiger partial charge < -0.3 is 24.8 Å². The van der Waals surface area contributed by atoms with Crippen molar-refractivity contribution in [2.45, 2.75) is 45.4 Å². The number of nitrogens with zero attached hydrogens (tertiary/aromatic N) is 5. The van der Waals surface area contributed by atoms with Gasteiger partial charge in [0.25, 0.3) is 5.91 Å². The number of anilines is 2. The van der Waals surface area contributed by atoms with Crippen LogP contribution in [0.3, 0.4) is 0 Å². The van der Waals surface area contributed by atoms with E-state index >= 15 is 0 Å². The summed E-state index contributed by atoms with van der Waals surface area (Å²) < 4.78 is 20.7. The second kappa shape index (κ2) is 11.1. The molecule has 0 saturated carbocycles. The molecule has 1 saturated heterocycles. The predicted molar refractivity (Wildman–Crippen MR) is 144 cm³/mol. The topological polar surface area (TPSA) is 117 Å². The summed E-state index contributed by atoms with van der Waals surface area (Å²) in [4.78, 5) is 16.6. The van der Waals surface area contributed by atoms with E-state index in [4.69, 9.17) is 14.2 Å². The first-order valence-electron chi connectivity index (χ1n) is 12.8. The highest BCUT2D eigenvalue weighted by Gasteiger charge is 2.19. The zero-order valence-electron chi connectivity index (χ0n) is 22.1. The van der Waals surface area contributed by atoms with Gasteiger partial charge in [0.1, 0.15) is 0 Å². The molecule has 1 aliphatic heterocycles. The highest BCUT2D eigenvalue weighted by atomic mass is 16.5. The summed E-state index contributed by atoms with van der Waals surface area (Å²) >= 11 is 0. The van der Waals surface area contributed by atoms with E-state index in [1.807, 2.05) is 62.1 Å². The fourth-order valence-electron chi connectivity index (χ4n) is 4.53. The Labute approximate surface area is 221 Å². The number of hydrogen-bond acceptors (Lipinski definition) is 8. The molecule has 1 fully saturated rings. The molecule has 0 aliphatic carbocycles. The number of carbonyl (C=O) groups is 1. The molecule has 4 aromatic rings. The zero-order valence-corrected chi connectivity index (χ0v) is 22.1. The number of aryl methyl sites for hydroxylation is 1. The van der Waals surface area contributed by atoms with Crippen LogP contribution in [0.2, 0.25) is 0 Å². The van der Waals surface area contributed by atoms with Gasteiger partial charge in [0.15, 0.2) is 30.2 Å². The lowest BCUT2D eigenvalue weighted by atomic mass is 10.2. The lowest BCUT2D eigenvalue weighted by Crippen LogP contribution is -2.34. The largest absolute Gasteiger partial charge is 0.493 e. The Hall–Kier alpha value is -4.12. The van der Waals surface area contributed by atoms with Crippen molar-refractivity contribution in [1.29, 1.82) is 0 Å². The molecule has 11 nitrogen and oxygen atoms in total. The quantitative estimate of drug-likeness (QED) is 0.338. The van der Waals surface area contributed by atoms with Crippen LogP contribution >= 0.6 is 0 Å². The summed E-state index contributed by atoms with van der Waals surface area (Å²) in [6.45, 7) is 4.48. The molecule has 11 heteroatoms. The number of amides is 1. The Morgan fingerprint density at radius 1 is 1.18 bits per heavy atom. The molecular formula is C27H33N7O4. The number of nitrogens with one attached hydrogen (secondary N) is 2. The van der Waals surface area contributed by atoms with Crippen molar-refractivity contribution in [3.63, 3.8) is 0 Å². The van der Waals surface area contributed by atoms with Crippen molar-refractivity contribution >= 4 is 28.4 Å². The monoisotopic (exact) mass is 519 g/mol. The maximum absolute atomic E-state index is 11.9. The smallest absolute Gasteiger partial charge is 0.258 e. The summed E-state index contributed by atoms with van der Waals surface area (Å²) in [6.07, 6.45) is 5.08. The summed E-state index contributed by atoms with van der Waals surface area (Å²) in [6, 6.07) is 11.5. The minimum absolute atomic E-state index is 0.00829. The van der Waals surface area contributed by atoms with Gasteiger partial charge in [-0.15, -0.1) is 5.10 Å². The van der Waals surface area contributed by atoms with Crippen molar-refractivity contribution in [3.05, 3.63) is 42.6 Å². The van der Waals surface area contributed by atoms with Crippen LogP contribution in [0.25, 0.3) is 22.3 Å². The molecule has 200 valence electrons. The third-order valence-corrected chi connectivity index (χ3v) is 6.27. The van der Waals surface area contributed by atoms with Gasteiger partial charge >= 0.3 is 0 Å². The Morgan fingerprint density at radius 3 is 2.82 bits per heavy atom. The first-order valence-corrected chi connectivity index (χ1v) is 12.8. The van der Waals surface area contributed by atoms with E-state index in [-0.39, 0.29) is 24.8 Å². The molecule has 1 aliphatic rings. The highest BCUT2D eigenvalue weighted by Crippen LogP contribution is 2.33. The number of benzene rings is 2. The van der Waals surface area contributed by atoms with E-state index < -0.39 is 0 Å². The van der Waals surface area contributed by atoms with E-state index in [1.165, 1.54) is 0 Å². The molecule has 2 N–H and O–H groups in total. The van der Waals surface area contributed by atoms with Crippen LogP contribution < -0.4 is 20.1 Å². The molecule has 3 heterocycles.